The van der Waals surface area contributed by atoms with Gasteiger partial charge in [-0.05, 0) is 187 Å². The molecule has 0 aromatic heterocycles. The third kappa shape index (κ3) is 24.0. The molecule has 0 amide bonds. The SMILES string of the molecule is [C-]#[N+]/C(C(=O)OCC(COC(=O)/C(C#N)=C1\CC(C)(C)CC(N2CCCC2)=C1O)COC(=O)/C(C#N)=C1\CC(C)(C)CC(N2CCCC2)=C1O)=C1/CC(C)(C)CC(N2CCCC2)=C1O.[C-]#[N+]/C(C(=O)OCC(COC(=O)/C(C#N)=C1\CC(C)(C)CC(N2CCCC2)=C1OC)COC(=O)/C(C#N)=C1\CC(C)(C)CC(N2CCCC2)=C1OC)=C1/CC(C)(C)CC(N2CCCC2)=C1OC. The number of ether oxygens (including phenoxy) is 9. The van der Waals surface area contributed by atoms with Crippen LogP contribution in [-0.2, 0) is 71.4 Å². The standard InChI is InChI=1S/C52H70N6O9.C49H64N6O9/c1-50(2)23-35(44(62-8)40(26-50)56-17-11-12-18-56)38(29-53)47(59)65-31-34(32-66-48(60)39(30-54)36-24-51(3,4)27-41(45(36)63-9)57-19-13-14-20-57)33-67-49(61)43(55-7)37-25-52(5,6)28-42(46(37)64-10)58-21-15-16-22-58;1-47(2)20-32(41(56)37(23-47)53-14-8-9-15-53)35(26-50)44(59)62-28-31(29-63-45(60)36(27-51)33-21-48(3,4)24-38(42(33)57)54-16-10-11-17-54)30-64-46(61)40(52-7)34-22-49(5,6)25-39(43(34)58)55-18-12-13-19-55/h34H,11-28,31-33H2,1-6,8-10H3;31,56-58H,8-25,28-30H2,1-6H3/b38-35+,39-36+,43-37-;35-32+,36-33+,40-34-. The molecule has 0 spiro atoms. The van der Waals surface area contributed by atoms with E-state index < -0.39 is 93.0 Å². The summed E-state index contributed by atoms with van der Waals surface area (Å²) in [5.41, 5.74) is 3.04. The quantitative estimate of drug-likeness (QED) is 0.0226. The van der Waals surface area contributed by atoms with Crippen molar-refractivity contribution in [1.29, 1.82) is 21.0 Å². The van der Waals surface area contributed by atoms with E-state index >= 15 is 0 Å². The maximum Gasteiger partial charge on any atom is 0.349 e. The molecule has 6 aliphatic carbocycles. The number of esters is 6. The Labute approximate surface area is 773 Å². The van der Waals surface area contributed by atoms with Crippen molar-refractivity contribution in [3.05, 3.63) is 159 Å². The maximum atomic E-state index is 14.1. The fourth-order valence-electron chi connectivity index (χ4n) is 20.7. The summed E-state index contributed by atoms with van der Waals surface area (Å²) < 4.78 is 52.4. The van der Waals surface area contributed by atoms with Crippen LogP contribution in [0.25, 0.3) is 9.69 Å². The molecule has 131 heavy (non-hydrogen) atoms. The van der Waals surface area contributed by atoms with Crippen LogP contribution in [0.3, 0.4) is 0 Å². The van der Waals surface area contributed by atoms with Gasteiger partial charge in [-0.25, -0.2) is 28.9 Å². The van der Waals surface area contributed by atoms with Crippen molar-refractivity contribution in [2.75, 3.05) is 140 Å². The molecule has 3 N–H and O–H groups in total. The zero-order valence-corrected chi connectivity index (χ0v) is 79.7. The Morgan fingerprint density at radius 1 is 0.298 bits per heavy atom. The van der Waals surface area contributed by atoms with Gasteiger partial charge < -0.3 is 87.4 Å². The molecule has 0 atom stereocenters. The van der Waals surface area contributed by atoms with Crippen molar-refractivity contribution in [3.8, 4) is 24.3 Å². The van der Waals surface area contributed by atoms with E-state index in [-0.39, 0.29) is 114 Å². The van der Waals surface area contributed by atoms with Crippen LogP contribution < -0.4 is 0 Å². The van der Waals surface area contributed by atoms with Gasteiger partial charge in [0.05, 0.1) is 93.7 Å². The molecule has 706 valence electrons. The van der Waals surface area contributed by atoms with Gasteiger partial charge in [0.2, 0.25) is 0 Å². The fourth-order valence-corrected chi connectivity index (χ4v) is 20.7. The van der Waals surface area contributed by atoms with Gasteiger partial charge in [-0.1, -0.05) is 83.1 Å². The van der Waals surface area contributed by atoms with Crippen molar-refractivity contribution in [1.82, 2.24) is 29.4 Å². The summed E-state index contributed by atoms with van der Waals surface area (Å²) in [7, 11) is 4.63. The number of aliphatic hydroxyl groups is 3. The third-order valence-electron chi connectivity index (χ3n) is 27.0. The van der Waals surface area contributed by atoms with E-state index in [9.17, 15) is 65.1 Å². The molecule has 0 bridgehead atoms. The normalized spacial score (nSPS) is 23.9. The minimum Gasteiger partial charge on any atom is -0.507 e. The van der Waals surface area contributed by atoms with E-state index in [1.54, 1.807) is 21.3 Å². The highest BCUT2D eigenvalue weighted by atomic mass is 16.6. The Hall–Kier alpha value is -11.8. The van der Waals surface area contributed by atoms with Crippen molar-refractivity contribution in [3.63, 3.8) is 0 Å². The lowest BCUT2D eigenvalue weighted by Crippen LogP contribution is -2.32. The van der Waals surface area contributed by atoms with Crippen LogP contribution in [0.15, 0.2) is 136 Å². The van der Waals surface area contributed by atoms with Crippen LogP contribution in [0.5, 0.6) is 0 Å². The lowest BCUT2D eigenvalue weighted by Gasteiger charge is -2.38. The minimum atomic E-state index is -1.06. The number of nitrogens with zero attached hydrogens (tertiary/aromatic N) is 12. The highest BCUT2D eigenvalue weighted by Crippen LogP contribution is 2.52. The second-order valence-electron chi connectivity index (χ2n) is 41.7. The van der Waals surface area contributed by atoms with E-state index in [1.165, 1.54) is 0 Å². The van der Waals surface area contributed by atoms with Gasteiger partial charge in [0.25, 0.3) is 11.4 Å². The lowest BCUT2D eigenvalue weighted by molar-refractivity contribution is -0.150. The number of hydrogen-bond acceptors (Lipinski definition) is 28. The highest BCUT2D eigenvalue weighted by Gasteiger charge is 2.46. The third-order valence-corrected chi connectivity index (χ3v) is 27.0. The van der Waals surface area contributed by atoms with E-state index in [0.717, 1.165) is 179 Å². The first kappa shape index (κ1) is 99.8. The average Bonchev–Trinajstić information content (AvgIpc) is 1.72. The number of likely N-dealkylation sites (tertiary alicyclic amines) is 6. The van der Waals surface area contributed by atoms with Crippen molar-refractivity contribution in [2.45, 2.75) is 237 Å². The molecule has 6 fully saturated rings. The number of carbonyl (C=O) groups excluding carboxylic acids is 6. The van der Waals surface area contributed by atoms with Crippen molar-refractivity contribution in [2.24, 2.45) is 44.3 Å². The van der Waals surface area contributed by atoms with Crippen LogP contribution in [0, 0.1) is 103 Å². The average molecular weight is 1800 g/mol. The fraction of sp³-hybridized carbons (Fsp3) is 0.644. The molecule has 0 radical (unpaired) electrons. The topological polar surface area (TPSA) is 370 Å². The largest absolute Gasteiger partial charge is 0.507 e. The molecule has 6 aliphatic heterocycles. The number of nitriles is 4. The first-order chi connectivity index (χ1) is 62.2. The zero-order valence-electron chi connectivity index (χ0n) is 79.7. The number of hydrogen-bond donors (Lipinski definition) is 3. The summed E-state index contributed by atoms with van der Waals surface area (Å²) >= 11 is 0. The zero-order chi connectivity index (χ0) is 95.2. The van der Waals surface area contributed by atoms with Crippen LogP contribution in [-0.4, -0.2) is 220 Å². The summed E-state index contributed by atoms with van der Waals surface area (Å²) in [5, 5.41) is 76.0. The maximum absolute atomic E-state index is 14.1. The van der Waals surface area contributed by atoms with Gasteiger partial charge >= 0.3 is 35.8 Å². The van der Waals surface area contributed by atoms with Gasteiger partial charge in [-0.3, -0.25) is 9.59 Å². The van der Waals surface area contributed by atoms with E-state index in [4.69, 9.17) is 55.8 Å². The highest BCUT2D eigenvalue weighted by molar-refractivity contribution is 5.97. The lowest BCUT2D eigenvalue weighted by atomic mass is 9.74. The first-order valence-electron chi connectivity index (χ1n) is 46.5. The Morgan fingerprint density at radius 2 is 0.481 bits per heavy atom. The molecule has 0 aromatic carbocycles. The molecular formula is C101H134N12O18. The number of allylic oxidation sites excluding steroid dienone is 12. The second-order valence-corrected chi connectivity index (χ2v) is 41.7. The summed E-state index contributed by atoms with van der Waals surface area (Å²) in [6.45, 7) is 47.5. The smallest absolute Gasteiger partial charge is 0.349 e. The minimum absolute atomic E-state index is 0.107. The monoisotopic (exact) mass is 1800 g/mol. The van der Waals surface area contributed by atoms with Crippen LogP contribution in [0.2, 0.25) is 0 Å². The Bertz CT molecular complexity index is 4620. The van der Waals surface area contributed by atoms with Gasteiger partial charge in [0, 0.05) is 112 Å². The van der Waals surface area contributed by atoms with Crippen LogP contribution in [0.1, 0.15) is 237 Å². The molecule has 6 saturated heterocycles. The number of rotatable bonds is 27. The Morgan fingerprint density at radius 3 is 0.718 bits per heavy atom. The summed E-state index contributed by atoms with van der Waals surface area (Å²) in [6.07, 6.45) is 17.8. The summed E-state index contributed by atoms with van der Waals surface area (Å²) in [5.74, 6) is -6.66. The summed E-state index contributed by atoms with van der Waals surface area (Å²) in [4.78, 5) is 104. The first-order valence-corrected chi connectivity index (χ1v) is 46.5. The van der Waals surface area contributed by atoms with Gasteiger partial charge in [-0.15, -0.1) is 0 Å². The van der Waals surface area contributed by atoms with Crippen molar-refractivity contribution >= 4 is 35.8 Å². The predicted octanol–water partition coefficient (Wildman–Crippen LogP) is 16.5. The van der Waals surface area contributed by atoms with Gasteiger partial charge in [0.1, 0.15) is 108 Å². The van der Waals surface area contributed by atoms with Gasteiger partial charge in [0.15, 0.2) is 0 Å². The van der Waals surface area contributed by atoms with E-state index in [1.807, 2.05) is 53.7 Å². The Kier molecular flexibility index (Phi) is 32.5. The molecule has 0 aromatic rings. The molecule has 0 unspecified atom stereocenters. The summed E-state index contributed by atoms with van der Waals surface area (Å²) in [6, 6.07) is 8.05. The Balaban J connectivity index is 0.000000253. The molecule has 30 heteroatoms. The van der Waals surface area contributed by atoms with Gasteiger partial charge in [-0.2, -0.15) is 21.0 Å². The molecule has 12 aliphatic rings. The molecule has 12 rings (SSSR count). The number of aliphatic hydroxyl groups excluding tert-OH is 3. The predicted molar refractivity (Wildman–Crippen MR) is 485 cm³/mol. The van der Waals surface area contributed by atoms with Crippen LogP contribution >= 0.6 is 0 Å². The molecule has 30 nitrogen and oxygen atoms in total. The number of methoxy groups -OCH3 is 3. The van der Waals surface area contributed by atoms with Crippen molar-refractivity contribution < 1.29 is 86.7 Å². The number of carbonyl (C=O) groups is 6. The second kappa shape index (κ2) is 42.6. The van der Waals surface area contributed by atoms with E-state index in [0.29, 0.717) is 102 Å². The van der Waals surface area contributed by atoms with Crippen LogP contribution in [0.4, 0.5) is 0 Å². The molecular weight excluding hydrogens is 1670 g/mol. The molecule has 0 saturated carbocycles. The molecule has 6 heterocycles. The van der Waals surface area contributed by atoms with E-state index in [2.05, 4.69) is 92.8 Å².